The second kappa shape index (κ2) is 9.37. The normalized spacial score (nSPS) is 14.7. The summed E-state index contributed by atoms with van der Waals surface area (Å²) in [6.45, 7) is 0.731. The number of rotatable bonds is 6. The van der Waals surface area contributed by atoms with Gasteiger partial charge in [0.2, 0.25) is 10.0 Å². The van der Waals surface area contributed by atoms with E-state index in [-0.39, 0.29) is 4.90 Å². The van der Waals surface area contributed by atoms with Gasteiger partial charge < -0.3 is 13.9 Å². The summed E-state index contributed by atoms with van der Waals surface area (Å²) in [5.41, 5.74) is 4.71. The third-order valence-electron chi connectivity index (χ3n) is 6.12. The SMILES string of the molecule is COc1ccc(-c2cn3cc(C4=CCN(S(=O)(=O)c5ccc(Cl)cc5)CC4)ccc3n2)cc1OC. The molecule has 5 rings (SSSR count). The van der Waals surface area contributed by atoms with Gasteiger partial charge in [-0.25, -0.2) is 13.4 Å². The van der Waals surface area contributed by atoms with Crippen molar-refractivity contribution in [2.75, 3.05) is 27.3 Å². The number of fused-ring (bicyclic) bond motifs is 1. The van der Waals surface area contributed by atoms with Crippen LogP contribution < -0.4 is 9.47 Å². The molecule has 0 atom stereocenters. The van der Waals surface area contributed by atoms with Gasteiger partial charge in [0, 0.05) is 36.1 Å². The maximum atomic E-state index is 13.0. The second-order valence-electron chi connectivity index (χ2n) is 8.18. The van der Waals surface area contributed by atoms with Crippen LogP contribution in [0, 0.1) is 0 Å². The van der Waals surface area contributed by atoms with Crippen LogP contribution in [0.25, 0.3) is 22.5 Å². The number of benzene rings is 2. The summed E-state index contributed by atoms with van der Waals surface area (Å²) >= 11 is 5.90. The minimum atomic E-state index is -3.56. The van der Waals surface area contributed by atoms with E-state index >= 15 is 0 Å². The molecule has 180 valence electrons. The van der Waals surface area contributed by atoms with Gasteiger partial charge in [0.05, 0.1) is 24.8 Å². The van der Waals surface area contributed by atoms with E-state index in [1.165, 1.54) is 4.31 Å². The van der Waals surface area contributed by atoms with E-state index in [0.717, 1.165) is 28.0 Å². The van der Waals surface area contributed by atoms with Crippen molar-refractivity contribution in [3.8, 4) is 22.8 Å². The number of sulfonamides is 1. The van der Waals surface area contributed by atoms with Crippen LogP contribution in [0.4, 0.5) is 0 Å². The first kappa shape index (κ1) is 23.4. The van der Waals surface area contributed by atoms with Crippen LogP contribution in [-0.2, 0) is 10.0 Å². The third-order valence-corrected chi connectivity index (χ3v) is 8.26. The molecule has 0 fully saturated rings. The Bertz CT molecular complexity index is 1530. The third kappa shape index (κ3) is 4.52. The molecule has 2 aromatic carbocycles. The molecule has 0 bridgehead atoms. The largest absolute Gasteiger partial charge is 0.493 e. The van der Waals surface area contributed by atoms with Gasteiger partial charge in [0.15, 0.2) is 11.5 Å². The molecule has 35 heavy (non-hydrogen) atoms. The van der Waals surface area contributed by atoms with Gasteiger partial charge in [-0.1, -0.05) is 17.7 Å². The van der Waals surface area contributed by atoms with Gasteiger partial charge in [0.25, 0.3) is 0 Å². The molecule has 0 amide bonds. The Kier molecular flexibility index (Phi) is 6.27. The highest BCUT2D eigenvalue weighted by molar-refractivity contribution is 7.89. The molecule has 0 radical (unpaired) electrons. The summed E-state index contributed by atoms with van der Waals surface area (Å²) in [7, 11) is -0.346. The fourth-order valence-corrected chi connectivity index (χ4v) is 5.71. The minimum Gasteiger partial charge on any atom is -0.493 e. The summed E-state index contributed by atoms with van der Waals surface area (Å²) in [6, 6.07) is 16.0. The van der Waals surface area contributed by atoms with Crippen LogP contribution in [0.1, 0.15) is 12.0 Å². The monoisotopic (exact) mass is 509 g/mol. The molecule has 0 spiro atoms. The quantitative estimate of drug-likeness (QED) is 0.359. The molecule has 1 aliphatic rings. The maximum absolute atomic E-state index is 13.0. The zero-order valence-corrected chi connectivity index (χ0v) is 20.9. The fourth-order valence-electron chi connectivity index (χ4n) is 4.20. The number of imidazole rings is 1. The topological polar surface area (TPSA) is 73.1 Å². The van der Waals surface area contributed by atoms with E-state index in [1.54, 1.807) is 38.5 Å². The Labute approximate surface area is 209 Å². The van der Waals surface area contributed by atoms with Gasteiger partial charge in [0.1, 0.15) is 5.65 Å². The fraction of sp³-hybridized carbons (Fsp3) is 0.192. The van der Waals surface area contributed by atoms with Gasteiger partial charge in [-0.2, -0.15) is 4.31 Å². The van der Waals surface area contributed by atoms with Gasteiger partial charge in [-0.15, -0.1) is 0 Å². The number of hydrogen-bond acceptors (Lipinski definition) is 5. The lowest BCUT2D eigenvalue weighted by atomic mass is 10.0. The summed E-state index contributed by atoms with van der Waals surface area (Å²) < 4.78 is 40.1. The van der Waals surface area contributed by atoms with Crippen LogP contribution in [0.15, 0.2) is 78.0 Å². The Morgan fingerprint density at radius 1 is 0.914 bits per heavy atom. The second-order valence-corrected chi connectivity index (χ2v) is 10.5. The van der Waals surface area contributed by atoms with E-state index in [4.69, 9.17) is 26.1 Å². The van der Waals surface area contributed by atoms with E-state index in [1.807, 2.05) is 53.2 Å². The molecule has 9 heteroatoms. The molecule has 4 aromatic rings. The lowest BCUT2D eigenvalue weighted by Gasteiger charge is -2.26. The highest BCUT2D eigenvalue weighted by Gasteiger charge is 2.26. The number of aromatic nitrogens is 2. The molecule has 7 nitrogen and oxygen atoms in total. The Balaban J connectivity index is 1.38. The number of hydrogen-bond donors (Lipinski definition) is 0. The number of halogens is 1. The van der Waals surface area contributed by atoms with Crippen molar-refractivity contribution in [3.05, 3.63) is 83.7 Å². The first-order chi connectivity index (χ1) is 16.9. The van der Waals surface area contributed by atoms with Gasteiger partial charge in [-0.05, 0) is 72.2 Å². The molecular weight excluding hydrogens is 486 g/mol. The molecule has 0 N–H and O–H groups in total. The van der Waals surface area contributed by atoms with Gasteiger partial charge in [-0.3, -0.25) is 0 Å². The van der Waals surface area contributed by atoms with Crippen molar-refractivity contribution < 1.29 is 17.9 Å². The molecule has 0 saturated carbocycles. The summed E-state index contributed by atoms with van der Waals surface area (Å²) in [5, 5.41) is 0.508. The van der Waals surface area contributed by atoms with Crippen molar-refractivity contribution >= 4 is 32.8 Å². The molecular formula is C26H24ClN3O4S. The Hall–Kier alpha value is -3.33. The Morgan fingerprint density at radius 3 is 2.34 bits per heavy atom. The zero-order valence-electron chi connectivity index (χ0n) is 19.3. The minimum absolute atomic E-state index is 0.251. The van der Waals surface area contributed by atoms with E-state index in [0.29, 0.717) is 36.0 Å². The van der Waals surface area contributed by atoms with Crippen LogP contribution >= 0.6 is 11.6 Å². The molecule has 0 aliphatic carbocycles. The van der Waals surface area contributed by atoms with E-state index in [9.17, 15) is 8.42 Å². The van der Waals surface area contributed by atoms with Crippen LogP contribution in [0.2, 0.25) is 5.02 Å². The highest BCUT2D eigenvalue weighted by Crippen LogP contribution is 2.32. The van der Waals surface area contributed by atoms with Crippen LogP contribution in [0.3, 0.4) is 0 Å². The molecule has 3 heterocycles. The molecule has 2 aromatic heterocycles. The number of pyridine rings is 1. The predicted molar refractivity (Wildman–Crippen MR) is 137 cm³/mol. The van der Waals surface area contributed by atoms with Crippen molar-refractivity contribution in [1.82, 2.24) is 13.7 Å². The van der Waals surface area contributed by atoms with Crippen molar-refractivity contribution in [2.24, 2.45) is 0 Å². The summed E-state index contributed by atoms with van der Waals surface area (Å²) in [4.78, 5) is 4.99. The first-order valence-electron chi connectivity index (χ1n) is 11.1. The lowest BCUT2D eigenvalue weighted by molar-refractivity contribution is 0.355. The van der Waals surface area contributed by atoms with Crippen molar-refractivity contribution in [1.29, 1.82) is 0 Å². The summed E-state index contributed by atoms with van der Waals surface area (Å²) in [6.07, 6.45) is 6.60. The van der Waals surface area contributed by atoms with Crippen molar-refractivity contribution in [2.45, 2.75) is 11.3 Å². The van der Waals surface area contributed by atoms with Crippen LogP contribution in [-0.4, -0.2) is 49.4 Å². The van der Waals surface area contributed by atoms with Crippen molar-refractivity contribution in [3.63, 3.8) is 0 Å². The molecule has 1 aliphatic heterocycles. The number of ether oxygens (including phenoxy) is 2. The first-order valence-corrected chi connectivity index (χ1v) is 12.9. The smallest absolute Gasteiger partial charge is 0.243 e. The Morgan fingerprint density at radius 2 is 1.66 bits per heavy atom. The highest BCUT2D eigenvalue weighted by atomic mass is 35.5. The lowest BCUT2D eigenvalue weighted by Crippen LogP contribution is -2.34. The average Bonchev–Trinajstić information content (AvgIpc) is 3.32. The average molecular weight is 510 g/mol. The summed E-state index contributed by atoms with van der Waals surface area (Å²) in [5.74, 6) is 1.31. The zero-order chi connectivity index (χ0) is 24.6. The maximum Gasteiger partial charge on any atom is 0.243 e. The molecule has 0 saturated heterocycles. The number of methoxy groups -OCH3 is 2. The molecule has 0 unspecified atom stereocenters. The van der Waals surface area contributed by atoms with E-state index < -0.39 is 10.0 Å². The number of nitrogens with zero attached hydrogens (tertiary/aromatic N) is 3. The predicted octanol–water partition coefficient (Wildman–Crippen LogP) is 5.15. The standard InChI is InChI=1S/C26H24ClN3O4S/c1-33-24-9-3-19(15-25(24)34-2)23-17-29-16-20(4-10-26(29)28-23)18-11-13-30(14-12-18)35(31,32)22-7-5-21(27)6-8-22/h3-11,15-17H,12-14H2,1-2H3. The van der Waals surface area contributed by atoms with Crippen LogP contribution in [0.5, 0.6) is 11.5 Å². The van der Waals surface area contributed by atoms with Gasteiger partial charge >= 0.3 is 0 Å². The van der Waals surface area contributed by atoms with E-state index in [2.05, 4.69) is 0 Å².